The lowest BCUT2D eigenvalue weighted by atomic mass is 9.87. The summed E-state index contributed by atoms with van der Waals surface area (Å²) in [6, 6.07) is 11.7. The van der Waals surface area contributed by atoms with Crippen LogP contribution in [0.4, 0.5) is 4.79 Å². The molecule has 0 fully saturated rings. The normalized spacial score (nSPS) is 18.1. The predicted molar refractivity (Wildman–Crippen MR) is 94.3 cm³/mol. The van der Waals surface area contributed by atoms with Gasteiger partial charge in [0.15, 0.2) is 0 Å². The first-order valence-corrected chi connectivity index (χ1v) is 8.12. The molecule has 0 saturated heterocycles. The number of fused-ring (bicyclic) bond motifs is 1. The minimum absolute atomic E-state index is 0.195. The lowest BCUT2D eigenvalue weighted by molar-refractivity contribution is 0.0392. The highest BCUT2D eigenvalue weighted by Crippen LogP contribution is 2.48. The van der Waals surface area contributed by atoms with E-state index in [4.69, 9.17) is 26.8 Å². The molecule has 0 unspecified atom stereocenters. The zero-order chi connectivity index (χ0) is 17.5. The van der Waals surface area contributed by atoms with Gasteiger partial charge in [-0.2, -0.15) is 0 Å². The summed E-state index contributed by atoms with van der Waals surface area (Å²) in [6.45, 7) is 4.14. The Kier molecular flexibility index (Phi) is 4.18. The monoisotopic (exact) mass is 345 g/mol. The van der Waals surface area contributed by atoms with E-state index in [0.29, 0.717) is 5.02 Å². The fourth-order valence-electron chi connectivity index (χ4n) is 3.38. The zero-order valence-corrected chi connectivity index (χ0v) is 14.7. The Morgan fingerprint density at radius 3 is 2.62 bits per heavy atom. The smallest absolute Gasteiger partial charge is 0.405 e. The molecular weight excluding hydrogens is 326 g/mol. The fraction of sp³-hybridized carbons (Fsp3) is 0.316. The van der Waals surface area contributed by atoms with Crippen molar-refractivity contribution in [1.82, 2.24) is 0 Å². The molecule has 3 rings (SSSR count). The van der Waals surface area contributed by atoms with Crippen LogP contribution in [0.5, 0.6) is 5.75 Å². The van der Waals surface area contributed by atoms with E-state index >= 15 is 0 Å². The molecule has 1 atom stereocenters. The fourth-order valence-corrected chi connectivity index (χ4v) is 3.66. The first-order chi connectivity index (χ1) is 11.3. The molecular formula is C19H20ClNO3. The summed E-state index contributed by atoms with van der Waals surface area (Å²) < 4.78 is 10.5. The van der Waals surface area contributed by atoms with Gasteiger partial charge in [0.25, 0.3) is 0 Å². The molecule has 1 amide bonds. The van der Waals surface area contributed by atoms with Gasteiger partial charge in [-0.25, -0.2) is 4.79 Å². The van der Waals surface area contributed by atoms with Crippen LogP contribution in [0.15, 0.2) is 36.4 Å². The van der Waals surface area contributed by atoms with Crippen LogP contribution in [0.1, 0.15) is 31.1 Å². The Hall–Kier alpha value is -2.20. The summed E-state index contributed by atoms with van der Waals surface area (Å²) in [7, 11) is 1.61. The highest BCUT2D eigenvalue weighted by Gasteiger charge is 2.41. The van der Waals surface area contributed by atoms with E-state index in [2.05, 4.69) is 19.9 Å². The second kappa shape index (κ2) is 6.02. The van der Waals surface area contributed by atoms with Crippen molar-refractivity contribution in [2.24, 2.45) is 11.1 Å². The lowest BCUT2D eigenvalue weighted by Crippen LogP contribution is -2.25. The van der Waals surface area contributed by atoms with Crippen molar-refractivity contribution < 1.29 is 14.3 Å². The van der Waals surface area contributed by atoms with E-state index in [1.807, 2.05) is 24.3 Å². The van der Waals surface area contributed by atoms with E-state index in [-0.39, 0.29) is 11.5 Å². The SMILES string of the molecule is COc1ccc(-c2ccc3c(c2)CC(C)(C)[C@H]3OC(N)=O)c(Cl)c1. The van der Waals surface area contributed by atoms with E-state index in [0.717, 1.165) is 34.4 Å². The van der Waals surface area contributed by atoms with Crippen LogP contribution in [-0.4, -0.2) is 13.2 Å². The first kappa shape index (κ1) is 16.7. The lowest BCUT2D eigenvalue weighted by Gasteiger charge is -2.26. The molecule has 4 nitrogen and oxygen atoms in total. The summed E-state index contributed by atoms with van der Waals surface area (Å²) in [5.41, 5.74) is 9.16. The summed E-state index contributed by atoms with van der Waals surface area (Å²) >= 11 is 6.38. The summed E-state index contributed by atoms with van der Waals surface area (Å²) in [4.78, 5) is 11.2. The van der Waals surface area contributed by atoms with Crippen LogP contribution in [0.2, 0.25) is 5.02 Å². The molecule has 1 aliphatic rings. The molecule has 0 heterocycles. The van der Waals surface area contributed by atoms with Crippen LogP contribution in [0, 0.1) is 5.41 Å². The van der Waals surface area contributed by atoms with E-state index < -0.39 is 6.09 Å². The van der Waals surface area contributed by atoms with Crippen molar-refractivity contribution in [1.29, 1.82) is 0 Å². The second-order valence-electron chi connectivity index (χ2n) is 6.74. The van der Waals surface area contributed by atoms with Gasteiger partial charge in [0.1, 0.15) is 11.9 Å². The number of ether oxygens (including phenoxy) is 2. The number of carbonyl (C=O) groups is 1. The number of amides is 1. The molecule has 0 bridgehead atoms. The largest absolute Gasteiger partial charge is 0.497 e. The Morgan fingerprint density at radius 2 is 2.00 bits per heavy atom. The van der Waals surface area contributed by atoms with Gasteiger partial charge in [-0.05, 0) is 41.3 Å². The molecule has 5 heteroatoms. The third-order valence-electron chi connectivity index (χ3n) is 4.50. The van der Waals surface area contributed by atoms with Gasteiger partial charge < -0.3 is 15.2 Å². The van der Waals surface area contributed by atoms with Gasteiger partial charge in [0.05, 0.1) is 12.1 Å². The molecule has 0 aromatic heterocycles. The highest BCUT2D eigenvalue weighted by atomic mass is 35.5. The average Bonchev–Trinajstić information content (AvgIpc) is 2.76. The Balaban J connectivity index is 2.00. The molecule has 126 valence electrons. The number of hydrogen-bond acceptors (Lipinski definition) is 3. The molecule has 2 N–H and O–H groups in total. The van der Waals surface area contributed by atoms with E-state index in [9.17, 15) is 4.79 Å². The first-order valence-electron chi connectivity index (χ1n) is 7.74. The Labute approximate surface area is 146 Å². The van der Waals surface area contributed by atoms with Crippen LogP contribution < -0.4 is 10.5 Å². The number of primary amides is 1. The Bertz CT molecular complexity index is 801. The maximum Gasteiger partial charge on any atom is 0.405 e. The van der Waals surface area contributed by atoms with Crippen LogP contribution in [-0.2, 0) is 11.2 Å². The number of rotatable bonds is 3. The summed E-state index contributed by atoms with van der Waals surface area (Å²) in [5, 5.41) is 0.636. The predicted octanol–water partition coefficient (Wildman–Crippen LogP) is 4.73. The number of benzene rings is 2. The van der Waals surface area contributed by atoms with Gasteiger partial charge >= 0.3 is 6.09 Å². The maximum absolute atomic E-state index is 11.2. The van der Waals surface area contributed by atoms with Gasteiger partial charge in [-0.1, -0.05) is 43.6 Å². The third kappa shape index (κ3) is 2.94. The zero-order valence-electron chi connectivity index (χ0n) is 13.9. The number of hydrogen-bond donors (Lipinski definition) is 1. The average molecular weight is 346 g/mol. The van der Waals surface area contributed by atoms with E-state index in [1.54, 1.807) is 13.2 Å². The van der Waals surface area contributed by atoms with Crippen molar-refractivity contribution in [3.05, 3.63) is 52.5 Å². The quantitative estimate of drug-likeness (QED) is 0.874. The Morgan fingerprint density at radius 1 is 1.25 bits per heavy atom. The molecule has 0 aliphatic heterocycles. The van der Waals surface area contributed by atoms with Crippen molar-refractivity contribution >= 4 is 17.7 Å². The van der Waals surface area contributed by atoms with Crippen molar-refractivity contribution in [3.8, 4) is 16.9 Å². The van der Waals surface area contributed by atoms with Gasteiger partial charge in [0.2, 0.25) is 0 Å². The number of nitrogens with two attached hydrogens (primary N) is 1. The van der Waals surface area contributed by atoms with Gasteiger partial charge in [0, 0.05) is 11.0 Å². The third-order valence-corrected chi connectivity index (χ3v) is 4.82. The maximum atomic E-state index is 11.2. The number of carbonyl (C=O) groups excluding carboxylic acids is 1. The number of halogens is 1. The molecule has 0 radical (unpaired) electrons. The summed E-state index contributed by atoms with van der Waals surface area (Å²) in [6.07, 6.45) is -0.268. The minimum atomic E-state index is -0.747. The summed E-state index contributed by atoms with van der Waals surface area (Å²) in [5.74, 6) is 0.723. The molecule has 24 heavy (non-hydrogen) atoms. The standard InChI is InChI=1S/C19H20ClNO3/c1-19(2)10-12-8-11(4-6-15(12)17(19)24-18(21)22)14-7-5-13(23-3)9-16(14)20/h4-9,17H,10H2,1-3H3,(H2,21,22)/t17-/m0/s1. The molecule has 2 aromatic rings. The van der Waals surface area contributed by atoms with Crippen molar-refractivity contribution in [2.45, 2.75) is 26.4 Å². The number of methoxy groups -OCH3 is 1. The van der Waals surface area contributed by atoms with Crippen molar-refractivity contribution in [3.63, 3.8) is 0 Å². The van der Waals surface area contributed by atoms with Crippen LogP contribution in [0.25, 0.3) is 11.1 Å². The van der Waals surface area contributed by atoms with E-state index in [1.165, 1.54) is 0 Å². The second-order valence-corrected chi connectivity index (χ2v) is 7.15. The minimum Gasteiger partial charge on any atom is -0.497 e. The van der Waals surface area contributed by atoms with Crippen LogP contribution in [0.3, 0.4) is 0 Å². The van der Waals surface area contributed by atoms with Crippen molar-refractivity contribution in [2.75, 3.05) is 7.11 Å². The highest BCUT2D eigenvalue weighted by molar-refractivity contribution is 6.33. The van der Waals surface area contributed by atoms with Gasteiger partial charge in [-0.15, -0.1) is 0 Å². The van der Waals surface area contributed by atoms with Crippen LogP contribution >= 0.6 is 11.6 Å². The molecule has 2 aromatic carbocycles. The molecule has 0 spiro atoms. The molecule has 1 aliphatic carbocycles. The van der Waals surface area contributed by atoms with Gasteiger partial charge in [-0.3, -0.25) is 0 Å². The topological polar surface area (TPSA) is 61.6 Å². The molecule has 0 saturated carbocycles.